The second-order valence-corrected chi connectivity index (χ2v) is 6.95. The standard InChI is InChI=1S/C13H13IN2O3S/c1-19-13-7-4-10(15)8-12(13)16-20(17,18)11-5-2-9(14)3-6-11/h2-8,16H,15H2,1H3. The van der Waals surface area contributed by atoms with Gasteiger partial charge in [-0.05, 0) is 65.1 Å². The van der Waals surface area contributed by atoms with Crippen molar-refractivity contribution in [2.75, 3.05) is 17.6 Å². The van der Waals surface area contributed by atoms with E-state index in [1.165, 1.54) is 13.2 Å². The van der Waals surface area contributed by atoms with Crippen molar-refractivity contribution in [1.29, 1.82) is 0 Å². The van der Waals surface area contributed by atoms with Gasteiger partial charge >= 0.3 is 0 Å². The average Bonchev–Trinajstić information content (AvgIpc) is 2.39. The van der Waals surface area contributed by atoms with Crippen molar-refractivity contribution in [3.63, 3.8) is 0 Å². The second-order valence-electron chi connectivity index (χ2n) is 4.02. The zero-order chi connectivity index (χ0) is 14.8. The zero-order valence-electron chi connectivity index (χ0n) is 10.6. The lowest BCUT2D eigenvalue weighted by Crippen LogP contribution is -2.13. The number of methoxy groups -OCH3 is 1. The molecule has 0 heterocycles. The summed E-state index contributed by atoms with van der Waals surface area (Å²) < 4.78 is 33.1. The highest BCUT2D eigenvalue weighted by Gasteiger charge is 2.16. The molecule has 0 aliphatic carbocycles. The molecular weight excluding hydrogens is 391 g/mol. The van der Waals surface area contributed by atoms with Gasteiger partial charge in [0, 0.05) is 9.26 Å². The molecular formula is C13H13IN2O3S. The third-order valence-electron chi connectivity index (χ3n) is 2.59. The van der Waals surface area contributed by atoms with E-state index in [4.69, 9.17) is 10.5 Å². The van der Waals surface area contributed by atoms with Gasteiger partial charge in [0.1, 0.15) is 5.75 Å². The Morgan fingerprint density at radius 1 is 1.15 bits per heavy atom. The summed E-state index contributed by atoms with van der Waals surface area (Å²) in [5.74, 6) is 0.410. The van der Waals surface area contributed by atoms with Crippen molar-refractivity contribution >= 4 is 44.0 Å². The van der Waals surface area contributed by atoms with Gasteiger partial charge in [-0.3, -0.25) is 4.72 Å². The van der Waals surface area contributed by atoms with Crippen LogP contribution in [-0.4, -0.2) is 15.5 Å². The molecule has 0 atom stereocenters. The van der Waals surface area contributed by atoms with E-state index in [0.717, 1.165) is 3.57 Å². The Morgan fingerprint density at radius 2 is 1.80 bits per heavy atom. The lowest BCUT2D eigenvalue weighted by Gasteiger charge is -2.12. The molecule has 0 amide bonds. The molecule has 0 saturated heterocycles. The van der Waals surface area contributed by atoms with Crippen molar-refractivity contribution in [3.05, 3.63) is 46.0 Å². The number of benzene rings is 2. The Morgan fingerprint density at radius 3 is 2.40 bits per heavy atom. The fourth-order valence-electron chi connectivity index (χ4n) is 1.62. The monoisotopic (exact) mass is 404 g/mol. The normalized spacial score (nSPS) is 11.1. The summed E-state index contributed by atoms with van der Waals surface area (Å²) in [5, 5.41) is 0. The van der Waals surface area contributed by atoms with Crippen LogP contribution in [0.1, 0.15) is 0 Å². The van der Waals surface area contributed by atoms with E-state index in [0.29, 0.717) is 17.1 Å². The Bertz CT molecular complexity index is 715. The number of halogens is 1. The van der Waals surface area contributed by atoms with Gasteiger partial charge in [0.25, 0.3) is 10.0 Å². The number of ether oxygens (including phenoxy) is 1. The van der Waals surface area contributed by atoms with Crippen LogP contribution < -0.4 is 15.2 Å². The summed E-state index contributed by atoms with van der Waals surface area (Å²) >= 11 is 2.11. The SMILES string of the molecule is COc1ccc(N)cc1NS(=O)(=O)c1ccc(I)cc1. The van der Waals surface area contributed by atoms with Crippen LogP contribution in [0.2, 0.25) is 0 Å². The van der Waals surface area contributed by atoms with Crippen LogP contribution in [-0.2, 0) is 10.0 Å². The first-order chi connectivity index (χ1) is 9.42. The van der Waals surface area contributed by atoms with Crippen LogP contribution in [0.4, 0.5) is 11.4 Å². The van der Waals surface area contributed by atoms with Gasteiger partial charge in [0.05, 0.1) is 17.7 Å². The highest BCUT2D eigenvalue weighted by molar-refractivity contribution is 14.1. The van der Waals surface area contributed by atoms with Crippen molar-refractivity contribution < 1.29 is 13.2 Å². The van der Waals surface area contributed by atoms with Crippen LogP contribution in [0.25, 0.3) is 0 Å². The maximum absolute atomic E-state index is 12.3. The highest BCUT2D eigenvalue weighted by Crippen LogP contribution is 2.28. The Kier molecular flexibility index (Phi) is 4.39. The van der Waals surface area contributed by atoms with E-state index in [-0.39, 0.29) is 4.90 Å². The summed E-state index contributed by atoms with van der Waals surface area (Å²) in [6, 6.07) is 11.3. The Labute approximate surface area is 131 Å². The van der Waals surface area contributed by atoms with Crippen LogP contribution in [0.5, 0.6) is 5.75 Å². The third-order valence-corrected chi connectivity index (χ3v) is 4.69. The Hall–Kier alpha value is -1.48. The van der Waals surface area contributed by atoms with Crippen molar-refractivity contribution in [2.45, 2.75) is 4.90 Å². The van der Waals surface area contributed by atoms with E-state index in [1.807, 2.05) is 0 Å². The number of hydrogen-bond donors (Lipinski definition) is 2. The fraction of sp³-hybridized carbons (Fsp3) is 0.0769. The highest BCUT2D eigenvalue weighted by atomic mass is 127. The predicted octanol–water partition coefficient (Wildman–Crippen LogP) is 2.68. The summed E-state index contributed by atoms with van der Waals surface area (Å²) in [7, 11) is -2.20. The van der Waals surface area contributed by atoms with Gasteiger partial charge in [0.15, 0.2) is 0 Å². The molecule has 2 aromatic rings. The van der Waals surface area contributed by atoms with Crippen LogP contribution >= 0.6 is 22.6 Å². The smallest absolute Gasteiger partial charge is 0.262 e. The summed E-state index contributed by atoms with van der Waals surface area (Å²) in [5.41, 5.74) is 6.43. The van der Waals surface area contributed by atoms with Gasteiger partial charge in [-0.15, -0.1) is 0 Å². The molecule has 0 aliphatic heterocycles. The lowest BCUT2D eigenvalue weighted by molar-refractivity contribution is 0.417. The molecule has 5 nitrogen and oxygen atoms in total. The first kappa shape index (κ1) is 14.9. The topological polar surface area (TPSA) is 81.4 Å². The van der Waals surface area contributed by atoms with Gasteiger partial charge in [0.2, 0.25) is 0 Å². The van der Waals surface area contributed by atoms with E-state index in [2.05, 4.69) is 27.3 Å². The molecule has 0 saturated carbocycles. The molecule has 0 radical (unpaired) electrons. The van der Waals surface area contributed by atoms with E-state index in [9.17, 15) is 8.42 Å². The number of sulfonamides is 1. The third kappa shape index (κ3) is 3.34. The first-order valence-corrected chi connectivity index (χ1v) is 8.20. The van der Waals surface area contributed by atoms with Crippen molar-refractivity contribution in [3.8, 4) is 5.75 Å². The molecule has 2 rings (SSSR count). The Balaban J connectivity index is 2.37. The number of hydrogen-bond acceptors (Lipinski definition) is 4. The minimum Gasteiger partial charge on any atom is -0.495 e. The van der Waals surface area contributed by atoms with Gasteiger partial charge in [-0.2, -0.15) is 0 Å². The predicted molar refractivity (Wildman–Crippen MR) is 87.4 cm³/mol. The molecule has 0 fully saturated rings. The molecule has 0 unspecified atom stereocenters. The molecule has 7 heteroatoms. The van der Waals surface area contributed by atoms with E-state index < -0.39 is 10.0 Å². The van der Waals surface area contributed by atoms with Gasteiger partial charge in [-0.1, -0.05) is 0 Å². The van der Waals surface area contributed by atoms with Gasteiger partial charge in [-0.25, -0.2) is 8.42 Å². The maximum Gasteiger partial charge on any atom is 0.262 e. The second kappa shape index (κ2) is 5.88. The summed E-state index contributed by atoms with van der Waals surface area (Å²) in [6.07, 6.45) is 0. The molecule has 3 N–H and O–H groups in total. The van der Waals surface area contributed by atoms with Crippen molar-refractivity contribution in [1.82, 2.24) is 0 Å². The largest absolute Gasteiger partial charge is 0.495 e. The number of nitrogens with two attached hydrogens (primary N) is 1. The lowest BCUT2D eigenvalue weighted by atomic mass is 10.2. The quantitative estimate of drug-likeness (QED) is 0.607. The minimum absolute atomic E-state index is 0.183. The molecule has 0 spiro atoms. The van der Waals surface area contributed by atoms with E-state index in [1.54, 1.807) is 36.4 Å². The first-order valence-electron chi connectivity index (χ1n) is 5.64. The summed E-state index contributed by atoms with van der Waals surface area (Å²) in [6.45, 7) is 0. The van der Waals surface area contributed by atoms with Crippen LogP contribution in [0, 0.1) is 3.57 Å². The zero-order valence-corrected chi connectivity index (χ0v) is 13.6. The number of rotatable bonds is 4. The molecule has 2 aromatic carbocycles. The minimum atomic E-state index is -3.67. The van der Waals surface area contributed by atoms with Crippen LogP contribution in [0.3, 0.4) is 0 Å². The van der Waals surface area contributed by atoms with E-state index >= 15 is 0 Å². The molecule has 20 heavy (non-hydrogen) atoms. The summed E-state index contributed by atoms with van der Waals surface area (Å²) in [4.78, 5) is 0.183. The number of anilines is 2. The maximum atomic E-state index is 12.3. The molecule has 0 aliphatic rings. The molecule has 106 valence electrons. The molecule has 0 aromatic heterocycles. The molecule has 0 bridgehead atoms. The van der Waals surface area contributed by atoms with Gasteiger partial charge < -0.3 is 10.5 Å². The van der Waals surface area contributed by atoms with Crippen LogP contribution in [0.15, 0.2) is 47.4 Å². The van der Waals surface area contributed by atoms with Crippen molar-refractivity contribution in [2.24, 2.45) is 0 Å². The number of nitrogen functional groups attached to an aromatic ring is 1. The average molecular weight is 404 g/mol. The number of nitrogens with one attached hydrogen (secondary N) is 1. The fourth-order valence-corrected chi connectivity index (χ4v) is 3.04.